The van der Waals surface area contributed by atoms with Crippen molar-refractivity contribution in [3.63, 3.8) is 0 Å². The molecule has 1 rings (SSSR count). The van der Waals surface area contributed by atoms with E-state index < -0.39 is 18.1 Å². The first-order valence-corrected chi connectivity index (χ1v) is 7.22. The number of carbonyl (C=O) groups is 2. The molecule has 5 nitrogen and oxygen atoms in total. The van der Waals surface area contributed by atoms with Gasteiger partial charge in [-0.2, -0.15) is 0 Å². The van der Waals surface area contributed by atoms with Crippen molar-refractivity contribution in [1.29, 1.82) is 0 Å². The highest BCUT2D eigenvalue weighted by Gasteiger charge is 2.26. The minimum absolute atomic E-state index is 0.00423. The first-order valence-electron chi connectivity index (χ1n) is 7.22. The fourth-order valence-corrected chi connectivity index (χ4v) is 1.86. The zero-order valence-corrected chi connectivity index (χ0v) is 12.8. The molecule has 0 radical (unpaired) electrons. The summed E-state index contributed by atoms with van der Waals surface area (Å²) < 4.78 is 5.02. The maximum Gasteiger partial charge on any atom is 0.328 e. The van der Waals surface area contributed by atoms with Gasteiger partial charge >= 0.3 is 5.97 Å². The fraction of sp³-hybridized carbons (Fsp3) is 0.500. The molecule has 2 unspecified atom stereocenters. The van der Waals surface area contributed by atoms with E-state index in [0.717, 1.165) is 5.56 Å². The highest BCUT2D eigenvalue weighted by Crippen LogP contribution is 2.06. The summed E-state index contributed by atoms with van der Waals surface area (Å²) in [6.07, 6.45) is 0.385. The first kappa shape index (κ1) is 17.2. The van der Waals surface area contributed by atoms with Crippen molar-refractivity contribution in [2.45, 2.75) is 39.3 Å². The van der Waals surface area contributed by atoms with Gasteiger partial charge in [-0.15, -0.1) is 0 Å². The van der Waals surface area contributed by atoms with E-state index in [0.29, 0.717) is 6.42 Å². The monoisotopic (exact) mass is 292 g/mol. The molecule has 21 heavy (non-hydrogen) atoms. The number of ether oxygens (including phenoxy) is 1. The van der Waals surface area contributed by atoms with E-state index in [4.69, 9.17) is 10.5 Å². The Morgan fingerprint density at radius 3 is 2.38 bits per heavy atom. The fourth-order valence-electron chi connectivity index (χ4n) is 1.86. The van der Waals surface area contributed by atoms with E-state index in [1.807, 2.05) is 44.2 Å². The Kier molecular flexibility index (Phi) is 6.88. The Morgan fingerprint density at radius 2 is 1.86 bits per heavy atom. The van der Waals surface area contributed by atoms with Crippen LogP contribution in [0.25, 0.3) is 0 Å². The minimum Gasteiger partial charge on any atom is -0.464 e. The third kappa shape index (κ3) is 5.55. The van der Waals surface area contributed by atoms with Crippen LogP contribution in [0, 0.1) is 5.92 Å². The van der Waals surface area contributed by atoms with E-state index in [-0.39, 0.29) is 18.4 Å². The molecular formula is C16H24N2O3. The molecule has 0 spiro atoms. The van der Waals surface area contributed by atoms with E-state index in [2.05, 4.69) is 5.32 Å². The summed E-state index contributed by atoms with van der Waals surface area (Å²) in [6.45, 7) is 5.73. The molecule has 0 saturated heterocycles. The molecule has 0 bridgehead atoms. The van der Waals surface area contributed by atoms with Crippen LogP contribution in [0.1, 0.15) is 26.3 Å². The predicted molar refractivity (Wildman–Crippen MR) is 81.5 cm³/mol. The van der Waals surface area contributed by atoms with Crippen molar-refractivity contribution < 1.29 is 14.3 Å². The second-order valence-corrected chi connectivity index (χ2v) is 5.27. The number of rotatable bonds is 7. The smallest absolute Gasteiger partial charge is 0.328 e. The zero-order chi connectivity index (χ0) is 15.8. The number of nitrogens with one attached hydrogen (secondary N) is 1. The molecule has 0 fully saturated rings. The van der Waals surface area contributed by atoms with Gasteiger partial charge in [0, 0.05) is 6.42 Å². The molecule has 0 saturated carbocycles. The standard InChI is InChI=1S/C16H24N2O3/c1-4-21-16(20)13(10-12-8-6-5-7-9-12)18-15(19)14(17)11(2)3/h5-9,11,13-14H,4,10,17H2,1-3H3,(H,18,19). The maximum absolute atomic E-state index is 12.0. The molecule has 1 aromatic carbocycles. The average Bonchev–Trinajstić information content (AvgIpc) is 2.46. The van der Waals surface area contributed by atoms with Gasteiger partial charge in [-0.1, -0.05) is 44.2 Å². The molecule has 0 aliphatic rings. The maximum atomic E-state index is 12.0. The van der Waals surface area contributed by atoms with Crippen LogP contribution in [-0.4, -0.2) is 30.6 Å². The highest BCUT2D eigenvalue weighted by molar-refractivity contribution is 5.87. The summed E-state index contributed by atoms with van der Waals surface area (Å²) in [5.41, 5.74) is 6.76. The predicted octanol–water partition coefficient (Wildman–Crippen LogP) is 1.26. The third-order valence-corrected chi connectivity index (χ3v) is 3.19. The average molecular weight is 292 g/mol. The van der Waals surface area contributed by atoms with Crippen LogP contribution in [-0.2, 0) is 20.7 Å². The van der Waals surface area contributed by atoms with Gasteiger partial charge in [0.05, 0.1) is 12.6 Å². The molecule has 2 atom stereocenters. The first-order chi connectivity index (χ1) is 9.95. The van der Waals surface area contributed by atoms with Crippen LogP contribution < -0.4 is 11.1 Å². The molecule has 0 aromatic heterocycles. The zero-order valence-electron chi connectivity index (χ0n) is 12.8. The molecule has 1 amide bonds. The summed E-state index contributed by atoms with van der Waals surface area (Å²) in [7, 11) is 0. The Hall–Kier alpha value is -1.88. The van der Waals surface area contributed by atoms with E-state index >= 15 is 0 Å². The van der Waals surface area contributed by atoms with Crippen molar-refractivity contribution in [2.24, 2.45) is 11.7 Å². The van der Waals surface area contributed by atoms with Crippen LogP contribution in [0.3, 0.4) is 0 Å². The van der Waals surface area contributed by atoms with Crippen LogP contribution in [0.5, 0.6) is 0 Å². The van der Waals surface area contributed by atoms with Crippen LogP contribution in [0.4, 0.5) is 0 Å². The number of amides is 1. The quantitative estimate of drug-likeness (QED) is 0.741. The van der Waals surface area contributed by atoms with E-state index in [1.165, 1.54) is 0 Å². The molecule has 0 aliphatic heterocycles. The van der Waals surface area contributed by atoms with Gasteiger partial charge in [0.25, 0.3) is 0 Å². The Balaban J connectivity index is 2.78. The Morgan fingerprint density at radius 1 is 1.24 bits per heavy atom. The SMILES string of the molecule is CCOC(=O)C(Cc1ccccc1)NC(=O)C(N)C(C)C. The topological polar surface area (TPSA) is 81.4 Å². The van der Waals surface area contributed by atoms with Crippen molar-refractivity contribution in [3.8, 4) is 0 Å². The van der Waals surface area contributed by atoms with Gasteiger partial charge < -0.3 is 15.8 Å². The molecule has 116 valence electrons. The second kappa shape index (κ2) is 8.42. The van der Waals surface area contributed by atoms with E-state index in [9.17, 15) is 9.59 Å². The lowest BCUT2D eigenvalue weighted by Crippen LogP contribution is -2.51. The number of hydrogen-bond acceptors (Lipinski definition) is 4. The molecule has 1 aromatic rings. The minimum atomic E-state index is -0.718. The van der Waals surface area contributed by atoms with Gasteiger partial charge in [0.2, 0.25) is 5.91 Å². The summed E-state index contributed by atoms with van der Waals surface area (Å²) in [5.74, 6) is -0.769. The van der Waals surface area contributed by atoms with Crippen LogP contribution in [0.2, 0.25) is 0 Å². The molecule has 3 N–H and O–H groups in total. The van der Waals surface area contributed by atoms with Gasteiger partial charge in [0.15, 0.2) is 0 Å². The number of carbonyl (C=O) groups excluding carboxylic acids is 2. The van der Waals surface area contributed by atoms with Crippen molar-refractivity contribution in [1.82, 2.24) is 5.32 Å². The second-order valence-electron chi connectivity index (χ2n) is 5.27. The highest BCUT2D eigenvalue weighted by atomic mass is 16.5. The summed E-state index contributed by atoms with van der Waals surface area (Å²) in [4.78, 5) is 24.0. The van der Waals surface area contributed by atoms with Gasteiger partial charge in [-0.3, -0.25) is 4.79 Å². The van der Waals surface area contributed by atoms with Gasteiger partial charge in [0.1, 0.15) is 6.04 Å². The Bertz CT molecular complexity index is 460. The summed E-state index contributed by atoms with van der Waals surface area (Å²) in [6, 6.07) is 8.12. The lowest BCUT2D eigenvalue weighted by atomic mass is 10.0. The molecular weight excluding hydrogens is 268 g/mol. The largest absolute Gasteiger partial charge is 0.464 e. The third-order valence-electron chi connectivity index (χ3n) is 3.19. The number of nitrogens with two attached hydrogens (primary N) is 1. The van der Waals surface area contributed by atoms with Crippen LogP contribution in [0.15, 0.2) is 30.3 Å². The van der Waals surface area contributed by atoms with Gasteiger partial charge in [-0.25, -0.2) is 4.79 Å². The number of benzene rings is 1. The normalized spacial score (nSPS) is 13.6. The van der Waals surface area contributed by atoms with Crippen molar-refractivity contribution in [2.75, 3.05) is 6.61 Å². The number of hydrogen-bond donors (Lipinski definition) is 2. The summed E-state index contributed by atoms with van der Waals surface area (Å²) in [5, 5.41) is 2.69. The van der Waals surface area contributed by atoms with Gasteiger partial charge in [-0.05, 0) is 18.4 Å². The molecule has 0 aliphatic carbocycles. The lowest BCUT2D eigenvalue weighted by Gasteiger charge is -2.21. The van der Waals surface area contributed by atoms with Crippen LogP contribution >= 0.6 is 0 Å². The van der Waals surface area contributed by atoms with Crippen molar-refractivity contribution in [3.05, 3.63) is 35.9 Å². The summed E-state index contributed by atoms with van der Waals surface area (Å²) >= 11 is 0. The Labute approximate surface area is 125 Å². The molecule has 5 heteroatoms. The van der Waals surface area contributed by atoms with Crippen molar-refractivity contribution >= 4 is 11.9 Å². The number of esters is 1. The molecule has 0 heterocycles. The van der Waals surface area contributed by atoms with E-state index in [1.54, 1.807) is 6.92 Å². The lowest BCUT2D eigenvalue weighted by molar-refractivity contribution is -0.147.